The lowest BCUT2D eigenvalue weighted by Crippen LogP contribution is -2.45. The molecule has 0 radical (unpaired) electrons. The topological polar surface area (TPSA) is 104 Å². The van der Waals surface area contributed by atoms with Crippen molar-refractivity contribution in [2.75, 3.05) is 38.9 Å². The van der Waals surface area contributed by atoms with Crippen molar-refractivity contribution in [3.63, 3.8) is 0 Å². The Labute approximate surface area is 187 Å². The van der Waals surface area contributed by atoms with Crippen LogP contribution < -0.4 is 15.8 Å². The van der Waals surface area contributed by atoms with E-state index in [2.05, 4.69) is 20.3 Å². The predicted molar refractivity (Wildman–Crippen MR) is 117 cm³/mol. The average molecular weight is 461 g/mol. The molecule has 1 aromatic carbocycles. The van der Waals surface area contributed by atoms with Crippen LogP contribution in [0, 0.1) is 5.82 Å². The quantitative estimate of drug-likeness (QED) is 0.496. The lowest BCUT2D eigenvalue weighted by molar-refractivity contribution is -0.0145. The Bertz CT molecular complexity index is 1180. The molecular formula is C22H22F3N5O3. The molecule has 174 valence electrons. The van der Waals surface area contributed by atoms with Crippen LogP contribution in [0.4, 0.5) is 24.7 Å². The van der Waals surface area contributed by atoms with Gasteiger partial charge in [-0.15, -0.1) is 0 Å². The highest BCUT2D eigenvalue weighted by molar-refractivity contribution is 5.90. The van der Waals surface area contributed by atoms with Crippen LogP contribution in [-0.4, -0.2) is 55.8 Å². The zero-order valence-corrected chi connectivity index (χ0v) is 17.7. The minimum absolute atomic E-state index is 0.0865. The fourth-order valence-electron chi connectivity index (χ4n) is 3.52. The van der Waals surface area contributed by atoms with Gasteiger partial charge in [0.1, 0.15) is 36.1 Å². The lowest BCUT2D eigenvalue weighted by atomic mass is 9.90. The van der Waals surface area contributed by atoms with Gasteiger partial charge in [-0.25, -0.2) is 23.1 Å². The maximum absolute atomic E-state index is 14.7. The number of methoxy groups -OCH3 is 1. The van der Waals surface area contributed by atoms with Gasteiger partial charge in [0.2, 0.25) is 0 Å². The van der Waals surface area contributed by atoms with Crippen molar-refractivity contribution in [3.05, 3.63) is 54.1 Å². The Morgan fingerprint density at radius 2 is 2.06 bits per heavy atom. The second kappa shape index (κ2) is 9.59. The van der Waals surface area contributed by atoms with E-state index < -0.39 is 24.4 Å². The second-order valence-electron chi connectivity index (χ2n) is 7.38. The summed E-state index contributed by atoms with van der Waals surface area (Å²) in [4.78, 5) is 12.6. The van der Waals surface area contributed by atoms with E-state index in [1.165, 1.54) is 12.1 Å². The first-order valence-corrected chi connectivity index (χ1v) is 10.1. The summed E-state index contributed by atoms with van der Waals surface area (Å²) < 4.78 is 58.5. The predicted octanol–water partition coefficient (Wildman–Crippen LogP) is 3.39. The molecule has 11 heteroatoms. The SMILES string of the molecule is COCCOc1cnc2c(Nc3ccc(F)c(C4(C(F)F)COCC(N)=N4)c3)nccc2c1. The normalized spacial score (nSPS) is 18.4. The number of aliphatic imine (C=N–C) groups is 1. The van der Waals surface area contributed by atoms with Crippen molar-refractivity contribution >= 4 is 28.2 Å². The number of ether oxygens (including phenoxy) is 3. The average Bonchev–Trinajstić information content (AvgIpc) is 2.80. The van der Waals surface area contributed by atoms with Gasteiger partial charge >= 0.3 is 0 Å². The van der Waals surface area contributed by atoms with E-state index in [0.29, 0.717) is 36.0 Å². The number of pyridine rings is 2. The van der Waals surface area contributed by atoms with Crippen LogP contribution in [0.25, 0.3) is 10.9 Å². The third-order valence-electron chi connectivity index (χ3n) is 5.10. The van der Waals surface area contributed by atoms with E-state index in [4.69, 9.17) is 19.9 Å². The molecule has 0 aliphatic carbocycles. The summed E-state index contributed by atoms with van der Waals surface area (Å²) in [5.41, 5.74) is 3.92. The largest absolute Gasteiger partial charge is 0.490 e. The first kappa shape index (κ1) is 22.7. The standard InChI is InChI=1S/C22H22F3N5O3/c1-31-6-7-33-15-8-13-4-5-27-20(19(13)28-10-15)29-14-2-3-17(23)16(9-14)22(21(24)25)12-32-11-18(26)30-22/h2-5,8-10,21H,6-7,11-12H2,1H3,(H2,26,30)(H,27,29). The fourth-order valence-corrected chi connectivity index (χ4v) is 3.52. The van der Waals surface area contributed by atoms with Gasteiger partial charge < -0.3 is 25.3 Å². The number of alkyl halides is 2. The zero-order valence-electron chi connectivity index (χ0n) is 17.7. The summed E-state index contributed by atoms with van der Waals surface area (Å²) in [5.74, 6) is -0.0394. The number of nitrogens with zero attached hydrogens (tertiary/aromatic N) is 3. The van der Waals surface area contributed by atoms with Crippen molar-refractivity contribution < 1.29 is 27.4 Å². The minimum Gasteiger partial charge on any atom is -0.490 e. The van der Waals surface area contributed by atoms with Gasteiger partial charge in [-0.05, 0) is 30.3 Å². The number of fused-ring (bicyclic) bond motifs is 1. The van der Waals surface area contributed by atoms with Crippen LogP contribution in [0.5, 0.6) is 5.75 Å². The molecule has 8 nitrogen and oxygen atoms in total. The van der Waals surface area contributed by atoms with Crippen LogP contribution in [0.2, 0.25) is 0 Å². The molecule has 0 bridgehead atoms. The summed E-state index contributed by atoms with van der Waals surface area (Å²) >= 11 is 0. The molecule has 0 spiro atoms. The smallest absolute Gasteiger partial charge is 0.269 e. The molecule has 1 unspecified atom stereocenters. The van der Waals surface area contributed by atoms with Crippen LogP contribution in [0.15, 0.2) is 47.7 Å². The summed E-state index contributed by atoms with van der Waals surface area (Å²) in [6.45, 7) is 0.234. The minimum atomic E-state index is -3.03. The second-order valence-corrected chi connectivity index (χ2v) is 7.38. The van der Waals surface area contributed by atoms with Crippen LogP contribution in [0.1, 0.15) is 5.56 Å². The van der Waals surface area contributed by atoms with Crippen LogP contribution >= 0.6 is 0 Å². The fraction of sp³-hybridized carbons (Fsp3) is 0.318. The number of hydrogen-bond acceptors (Lipinski definition) is 8. The highest BCUT2D eigenvalue weighted by Gasteiger charge is 2.46. The maximum Gasteiger partial charge on any atom is 0.269 e. The van der Waals surface area contributed by atoms with Crippen molar-refractivity contribution in [2.24, 2.45) is 10.7 Å². The van der Waals surface area contributed by atoms with E-state index in [9.17, 15) is 13.2 Å². The van der Waals surface area contributed by atoms with Gasteiger partial charge in [-0.1, -0.05) is 0 Å². The number of benzene rings is 1. The van der Waals surface area contributed by atoms with E-state index in [1.54, 1.807) is 31.6 Å². The van der Waals surface area contributed by atoms with Gasteiger partial charge in [0.25, 0.3) is 6.43 Å². The molecule has 3 aromatic rings. The molecule has 1 aliphatic heterocycles. The number of anilines is 2. The van der Waals surface area contributed by atoms with Gasteiger partial charge in [0.15, 0.2) is 11.4 Å². The molecule has 0 fully saturated rings. The first-order chi connectivity index (χ1) is 15.9. The molecule has 3 N–H and O–H groups in total. The van der Waals surface area contributed by atoms with Crippen molar-refractivity contribution in [3.8, 4) is 5.75 Å². The van der Waals surface area contributed by atoms with Gasteiger partial charge in [0, 0.05) is 29.9 Å². The van der Waals surface area contributed by atoms with Gasteiger partial charge in [0.05, 0.1) is 19.4 Å². The van der Waals surface area contributed by atoms with Gasteiger partial charge in [-0.2, -0.15) is 0 Å². The Morgan fingerprint density at radius 1 is 1.21 bits per heavy atom. The molecule has 0 saturated heterocycles. The van der Waals surface area contributed by atoms with Crippen molar-refractivity contribution in [1.82, 2.24) is 9.97 Å². The molecule has 4 rings (SSSR count). The van der Waals surface area contributed by atoms with Crippen LogP contribution in [0.3, 0.4) is 0 Å². The molecule has 33 heavy (non-hydrogen) atoms. The Hall–Kier alpha value is -3.44. The Kier molecular flexibility index (Phi) is 6.61. The number of hydrogen-bond donors (Lipinski definition) is 2. The summed E-state index contributed by atoms with van der Waals surface area (Å²) in [5, 5.41) is 3.77. The Morgan fingerprint density at radius 3 is 2.82 bits per heavy atom. The molecule has 3 heterocycles. The molecular weight excluding hydrogens is 439 g/mol. The molecule has 2 aromatic heterocycles. The molecule has 1 atom stereocenters. The van der Waals surface area contributed by atoms with Crippen molar-refractivity contribution in [2.45, 2.75) is 12.0 Å². The number of rotatable bonds is 8. The van der Waals surface area contributed by atoms with E-state index in [1.807, 2.05) is 0 Å². The third kappa shape index (κ3) is 4.69. The summed E-state index contributed by atoms with van der Waals surface area (Å²) in [6, 6.07) is 7.31. The molecule has 0 saturated carbocycles. The third-order valence-corrected chi connectivity index (χ3v) is 5.10. The summed E-state index contributed by atoms with van der Waals surface area (Å²) in [7, 11) is 1.58. The zero-order chi connectivity index (χ0) is 23.4. The number of amidine groups is 1. The Balaban J connectivity index is 1.67. The number of nitrogens with one attached hydrogen (secondary N) is 1. The number of aromatic nitrogens is 2. The highest BCUT2D eigenvalue weighted by Crippen LogP contribution is 2.38. The van der Waals surface area contributed by atoms with E-state index >= 15 is 0 Å². The first-order valence-electron chi connectivity index (χ1n) is 10.1. The van der Waals surface area contributed by atoms with Crippen LogP contribution in [-0.2, 0) is 15.0 Å². The number of halogens is 3. The number of nitrogens with two attached hydrogens (primary N) is 1. The van der Waals surface area contributed by atoms with E-state index in [0.717, 1.165) is 11.5 Å². The molecule has 0 amide bonds. The van der Waals surface area contributed by atoms with E-state index in [-0.39, 0.29) is 18.0 Å². The van der Waals surface area contributed by atoms with Gasteiger partial charge in [-0.3, -0.25) is 4.99 Å². The molecule has 1 aliphatic rings. The lowest BCUT2D eigenvalue weighted by Gasteiger charge is -2.33. The monoisotopic (exact) mass is 461 g/mol. The highest BCUT2D eigenvalue weighted by atomic mass is 19.3. The van der Waals surface area contributed by atoms with Crippen molar-refractivity contribution in [1.29, 1.82) is 0 Å². The summed E-state index contributed by atoms with van der Waals surface area (Å²) in [6.07, 6.45) is 0.0786. The maximum atomic E-state index is 14.7.